The summed E-state index contributed by atoms with van der Waals surface area (Å²) in [7, 11) is 0. The molecule has 2 N–H and O–H groups in total. The largest absolute Gasteiger partial charge is 0.454 e. The van der Waals surface area contributed by atoms with Crippen LogP contribution in [0.25, 0.3) is 0 Å². The number of benzene rings is 2. The average Bonchev–Trinajstić information content (AvgIpc) is 2.50. The van der Waals surface area contributed by atoms with Crippen LogP contribution in [0.15, 0.2) is 42.5 Å². The third-order valence-corrected chi connectivity index (χ3v) is 4.13. The van der Waals surface area contributed by atoms with Crippen LogP contribution in [0.4, 0.5) is 5.69 Å². The highest BCUT2D eigenvalue weighted by atomic mass is 35.5. The molecule has 3 rings (SSSR count). The van der Waals surface area contributed by atoms with Crippen LogP contribution in [-0.2, 0) is 11.2 Å². The normalized spacial score (nSPS) is 17.1. The van der Waals surface area contributed by atoms with Gasteiger partial charge in [-0.15, -0.1) is 0 Å². The van der Waals surface area contributed by atoms with Gasteiger partial charge < -0.3 is 10.5 Å². The van der Waals surface area contributed by atoms with Crippen molar-refractivity contribution in [1.82, 2.24) is 0 Å². The minimum absolute atomic E-state index is 0.182. The van der Waals surface area contributed by atoms with E-state index in [0.717, 1.165) is 24.8 Å². The number of carbonyl (C=O) groups excluding carboxylic acids is 1. The summed E-state index contributed by atoms with van der Waals surface area (Å²) in [6, 6.07) is 12.9. The summed E-state index contributed by atoms with van der Waals surface area (Å²) < 4.78 is 5.66. The molecule has 0 spiro atoms. The van der Waals surface area contributed by atoms with Crippen LogP contribution < -0.4 is 5.73 Å². The van der Waals surface area contributed by atoms with Crippen molar-refractivity contribution in [3.8, 4) is 0 Å². The van der Waals surface area contributed by atoms with Gasteiger partial charge in [0.1, 0.15) is 6.10 Å². The maximum Gasteiger partial charge on any atom is 0.338 e. The Morgan fingerprint density at radius 3 is 2.86 bits per heavy atom. The third-order valence-electron chi connectivity index (χ3n) is 3.80. The molecule has 0 aliphatic heterocycles. The van der Waals surface area contributed by atoms with Crippen molar-refractivity contribution in [2.75, 3.05) is 5.73 Å². The molecule has 2 aromatic carbocycles. The fourth-order valence-electron chi connectivity index (χ4n) is 2.68. The smallest absolute Gasteiger partial charge is 0.338 e. The maximum absolute atomic E-state index is 12.3. The molecule has 1 aliphatic rings. The summed E-state index contributed by atoms with van der Waals surface area (Å²) in [5.74, 6) is -0.362. The lowest BCUT2D eigenvalue weighted by atomic mass is 9.89. The highest BCUT2D eigenvalue weighted by Gasteiger charge is 2.23. The van der Waals surface area contributed by atoms with Gasteiger partial charge in [0.05, 0.1) is 16.3 Å². The highest BCUT2D eigenvalue weighted by Crippen LogP contribution is 2.33. The Bertz CT molecular complexity index is 684. The van der Waals surface area contributed by atoms with Gasteiger partial charge in [0.15, 0.2) is 0 Å². The molecule has 0 fully saturated rings. The Balaban J connectivity index is 1.81. The summed E-state index contributed by atoms with van der Waals surface area (Å²) in [6.45, 7) is 0. The third kappa shape index (κ3) is 2.88. The first-order valence-electron chi connectivity index (χ1n) is 6.99. The standard InChI is InChI=1S/C17H16ClNO2/c18-14-10-12(8-9-15(14)19)17(20)21-16-7-3-5-11-4-1-2-6-13(11)16/h1-2,4,6,8-10,16H,3,5,7,19H2. The number of nitrogens with two attached hydrogens (primary N) is 1. The quantitative estimate of drug-likeness (QED) is 0.669. The molecule has 108 valence electrons. The molecule has 1 aliphatic carbocycles. The molecule has 1 atom stereocenters. The first-order chi connectivity index (χ1) is 10.1. The predicted octanol–water partition coefficient (Wildman–Crippen LogP) is 4.16. The molecule has 0 saturated heterocycles. The summed E-state index contributed by atoms with van der Waals surface area (Å²) in [4.78, 5) is 12.3. The first kappa shape index (κ1) is 14.0. The lowest BCUT2D eigenvalue weighted by Crippen LogP contribution is -2.17. The minimum atomic E-state index is -0.362. The number of aryl methyl sites for hydroxylation is 1. The molecule has 2 aromatic rings. The van der Waals surface area contributed by atoms with Crippen LogP contribution in [0.3, 0.4) is 0 Å². The van der Waals surface area contributed by atoms with Crippen LogP contribution in [0, 0.1) is 0 Å². The fraction of sp³-hybridized carbons (Fsp3) is 0.235. The Kier molecular flexibility index (Phi) is 3.84. The van der Waals surface area contributed by atoms with Gasteiger partial charge in [-0.2, -0.15) is 0 Å². The summed E-state index contributed by atoms with van der Waals surface area (Å²) in [5, 5.41) is 0.369. The molecule has 0 radical (unpaired) electrons. The van der Waals surface area contributed by atoms with Crippen LogP contribution in [-0.4, -0.2) is 5.97 Å². The zero-order chi connectivity index (χ0) is 14.8. The SMILES string of the molecule is Nc1ccc(C(=O)OC2CCCc3ccccc32)cc1Cl. The van der Waals surface area contributed by atoms with E-state index in [-0.39, 0.29) is 12.1 Å². The molecule has 0 aromatic heterocycles. The van der Waals surface area contributed by atoms with Gasteiger partial charge >= 0.3 is 5.97 Å². The Hall–Kier alpha value is -2.00. The number of ether oxygens (including phenoxy) is 1. The van der Waals surface area contributed by atoms with Gasteiger partial charge in [0, 0.05) is 0 Å². The Morgan fingerprint density at radius 2 is 2.05 bits per heavy atom. The van der Waals surface area contributed by atoms with E-state index in [2.05, 4.69) is 6.07 Å². The van der Waals surface area contributed by atoms with E-state index in [4.69, 9.17) is 22.1 Å². The molecular weight excluding hydrogens is 286 g/mol. The molecule has 21 heavy (non-hydrogen) atoms. The molecule has 3 nitrogen and oxygen atoms in total. The van der Waals surface area contributed by atoms with Gasteiger partial charge in [-0.05, 0) is 48.6 Å². The van der Waals surface area contributed by atoms with Crippen molar-refractivity contribution in [2.45, 2.75) is 25.4 Å². The number of anilines is 1. The van der Waals surface area contributed by atoms with Gasteiger partial charge in [-0.25, -0.2) is 4.79 Å². The van der Waals surface area contributed by atoms with Crippen molar-refractivity contribution in [2.24, 2.45) is 0 Å². The van der Waals surface area contributed by atoms with Gasteiger partial charge in [-0.3, -0.25) is 0 Å². The molecule has 1 unspecified atom stereocenters. The van der Waals surface area contributed by atoms with E-state index in [1.54, 1.807) is 18.2 Å². The number of halogens is 1. The summed E-state index contributed by atoms with van der Waals surface area (Å²) in [6.07, 6.45) is 2.74. The Morgan fingerprint density at radius 1 is 1.24 bits per heavy atom. The van der Waals surface area contributed by atoms with Crippen molar-refractivity contribution in [3.63, 3.8) is 0 Å². The minimum Gasteiger partial charge on any atom is -0.454 e. The van der Waals surface area contributed by atoms with Crippen LogP contribution in [0.2, 0.25) is 5.02 Å². The fourth-order valence-corrected chi connectivity index (χ4v) is 2.86. The number of nitrogen functional groups attached to an aromatic ring is 1. The number of carbonyl (C=O) groups is 1. The zero-order valence-electron chi connectivity index (χ0n) is 11.5. The average molecular weight is 302 g/mol. The van der Waals surface area contributed by atoms with Crippen LogP contribution in [0.1, 0.15) is 40.4 Å². The van der Waals surface area contributed by atoms with E-state index >= 15 is 0 Å². The predicted molar refractivity (Wildman–Crippen MR) is 83.4 cm³/mol. The van der Waals surface area contributed by atoms with Crippen LogP contribution in [0.5, 0.6) is 0 Å². The van der Waals surface area contributed by atoms with E-state index < -0.39 is 0 Å². The van der Waals surface area contributed by atoms with E-state index in [9.17, 15) is 4.79 Å². The second-order valence-electron chi connectivity index (χ2n) is 5.22. The van der Waals surface area contributed by atoms with E-state index in [0.29, 0.717) is 16.3 Å². The summed E-state index contributed by atoms with van der Waals surface area (Å²) in [5.41, 5.74) is 8.91. The summed E-state index contributed by atoms with van der Waals surface area (Å²) >= 11 is 5.95. The molecule has 0 amide bonds. The topological polar surface area (TPSA) is 52.3 Å². The second-order valence-corrected chi connectivity index (χ2v) is 5.63. The van der Waals surface area contributed by atoms with Crippen molar-refractivity contribution < 1.29 is 9.53 Å². The number of hydrogen-bond acceptors (Lipinski definition) is 3. The Labute approximate surface area is 128 Å². The monoisotopic (exact) mass is 301 g/mol. The highest BCUT2D eigenvalue weighted by molar-refractivity contribution is 6.33. The number of fused-ring (bicyclic) bond motifs is 1. The molecule has 0 saturated carbocycles. The van der Waals surface area contributed by atoms with Gasteiger partial charge in [-0.1, -0.05) is 35.9 Å². The lowest BCUT2D eigenvalue weighted by molar-refractivity contribution is 0.0256. The van der Waals surface area contributed by atoms with Crippen molar-refractivity contribution in [3.05, 3.63) is 64.2 Å². The molecule has 0 heterocycles. The lowest BCUT2D eigenvalue weighted by Gasteiger charge is -2.25. The van der Waals surface area contributed by atoms with E-state index in [1.807, 2.05) is 18.2 Å². The van der Waals surface area contributed by atoms with E-state index in [1.165, 1.54) is 5.56 Å². The van der Waals surface area contributed by atoms with Crippen molar-refractivity contribution in [1.29, 1.82) is 0 Å². The number of hydrogen-bond donors (Lipinski definition) is 1. The van der Waals surface area contributed by atoms with Crippen molar-refractivity contribution >= 4 is 23.3 Å². The maximum atomic E-state index is 12.3. The van der Waals surface area contributed by atoms with Gasteiger partial charge in [0.2, 0.25) is 0 Å². The molecule has 4 heteroatoms. The molecular formula is C17H16ClNO2. The van der Waals surface area contributed by atoms with Gasteiger partial charge in [0.25, 0.3) is 0 Å². The number of esters is 1. The zero-order valence-corrected chi connectivity index (χ0v) is 12.3. The molecule has 0 bridgehead atoms. The second kappa shape index (κ2) is 5.78. The number of rotatable bonds is 2. The van der Waals surface area contributed by atoms with Crippen LogP contribution >= 0.6 is 11.6 Å². The first-order valence-corrected chi connectivity index (χ1v) is 7.37.